The van der Waals surface area contributed by atoms with Gasteiger partial charge < -0.3 is 9.47 Å². The van der Waals surface area contributed by atoms with E-state index < -0.39 is 11.6 Å². The van der Waals surface area contributed by atoms with Gasteiger partial charge in [0.15, 0.2) is 0 Å². The van der Waals surface area contributed by atoms with Crippen molar-refractivity contribution in [2.75, 3.05) is 0 Å². The maximum Gasteiger partial charge on any atom is 0.334 e. The molecule has 0 N–H and O–H groups in total. The van der Waals surface area contributed by atoms with Crippen LogP contribution in [0.2, 0.25) is 0 Å². The lowest BCUT2D eigenvalue weighted by Gasteiger charge is -2.18. The van der Waals surface area contributed by atoms with Crippen LogP contribution in [0.1, 0.15) is 34.6 Å². The maximum atomic E-state index is 11.5. The highest BCUT2D eigenvalue weighted by molar-refractivity contribution is 5.85. The lowest BCUT2D eigenvalue weighted by atomic mass is 9.97. The van der Waals surface area contributed by atoms with Gasteiger partial charge in [0, 0.05) is 5.92 Å². The molecule has 1 rings (SSSR count). The van der Waals surface area contributed by atoms with E-state index in [2.05, 4.69) is 0 Å². The molecule has 0 aliphatic carbocycles. The van der Waals surface area contributed by atoms with Crippen LogP contribution in [0.3, 0.4) is 0 Å². The van der Waals surface area contributed by atoms with Crippen LogP contribution in [0.4, 0.5) is 0 Å². The number of cyclic esters (lactones) is 1. The van der Waals surface area contributed by atoms with Crippen LogP contribution in [-0.4, -0.2) is 17.5 Å². The highest BCUT2D eigenvalue weighted by Crippen LogP contribution is 2.30. The van der Waals surface area contributed by atoms with Crippen molar-refractivity contribution in [3.63, 3.8) is 0 Å². The normalized spacial score (nSPS) is 28.1. The second kappa shape index (κ2) is 4.28. The molecule has 1 aliphatic heterocycles. The maximum absolute atomic E-state index is 11.5. The first-order valence-electron chi connectivity index (χ1n) is 5.37. The van der Waals surface area contributed by atoms with Gasteiger partial charge in [-0.15, -0.1) is 0 Å². The van der Waals surface area contributed by atoms with Crippen molar-refractivity contribution in [2.45, 2.75) is 40.2 Å². The molecule has 0 radical (unpaired) electrons. The number of allylic oxidation sites excluding steroid dienone is 1. The van der Waals surface area contributed by atoms with Gasteiger partial charge in [-0.3, -0.25) is 4.79 Å². The van der Waals surface area contributed by atoms with Gasteiger partial charge in [-0.25, -0.2) is 4.79 Å². The average Bonchev–Trinajstić information content (AvgIpc) is 2.30. The summed E-state index contributed by atoms with van der Waals surface area (Å²) in [6, 6.07) is 0. The molecule has 4 nitrogen and oxygen atoms in total. The van der Waals surface area contributed by atoms with Crippen molar-refractivity contribution in [3.8, 4) is 0 Å². The molecule has 90 valence electrons. The van der Waals surface area contributed by atoms with Gasteiger partial charge in [0.05, 0.1) is 12.0 Å². The molecule has 2 atom stereocenters. The molecule has 0 aromatic carbocycles. The Kier molecular flexibility index (Phi) is 3.41. The van der Waals surface area contributed by atoms with Gasteiger partial charge in [-0.2, -0.15) is 0 Å². The highest BCUT2D eigenvalue weighted by Gasteiger charge is 2.35. The second-order valence-electron chi connectivity index (χ2n) is 5.08. The van der Waals surface area contributed by atoms with E-state index in [0.29, 0.717) is 5.76 Å². The number of esters is 2. The molecule has 2 unspecified atom stereocenters. The molecular formula is C12H18O4. The summed E-state index contributed by atoms with van der Waals surface area (Å²) >= 11 is 0. The summed E-state index contributed by atoms with van der Waals surface area (Å²) in [7, 11) is 0. The van der Waals surface area contributed by atoms with Gasteiger partial charge in [0.1, 0.15) is 11.4 Å². The monoisotopic (exact) mass is 226 g/mol. The number of hydrogen-bond donors (Lipinski definition) is 0. The van der Waals surface area contributed by atoms with Gasteiger partial charge >= 0.3 is 11.9 Å². The van der Waals surface area contributed by atoms with E-state index in [-0.39, 0.29) is 17.8 Å². The Balaban J connectivity index is 2.72. The van der Waals surface area contributed by atoms with Crippen LogP contribution in [0.15, 0.2) is 11.8 Å². The predicted molar refractivity (Wildman–Crippen MR) is 58.3 cm³/mol. The van der Waals surface area contributed by atoms with Gasteiger partial charge in [-0.1, -0.05) is 13.8 Å². The summed E-state index contributed by atoms with van der Waals surface area (Å²) in [6.45, 7) is 9.00. The Hall–Kier alpha value is -1.32. The highest BCUT2D eigenvalue weighted by atomic mass is 16.6. The van der Waals surface area contributed by atoms with Crippen LogP contribution in [0.5, 0.6) is 0 Å². The quantitative estimate of drug-likeness (QED) is 0.507. The molecule has 0 saturated carbocycles. The third-order valence-electron chi connectivity index (χ3n) is 2.46. The molecule has 0 aromatic rings. The number of carbonyl (C=O) groups excluding carboxylic acids is 2. The fraction of sp³-hybridized carbons (Fsp3) is 0.667. The number of ether oxygens (including phenoxy) is 2. The lowest BCUT2D eigenvalue weighted by Crippen LogP contribution is -2.23. The Morgan fingerprint density at radius 3 is 2.25 bits per heavy atom. The summed E-state index contributed by atoms with van der Waals surface area (Å²) in [5, 5.41) is 0. The zero-order chi connectivity index (χ0) is 12.5. The molecule has 0 spiro atoms. The van der Waals surface area contributed by atoms with Crippen LogP contribution in [-0.2, 0) is 19.1 Å². The first-order chi connectivity index (χ1) is 7.20. The van der Waals surface area contributed by atoms with E-state index in [1.54, 1.807) is 27.7 Å². The summed E-state index contributed by atoms with van der Waals surface area (Å²) in [6.07, 6.45) is 1.26. The fourth-order valence-electron chi connectivity index (χ4n) is 1.36. The van der Waals surface area contributed by atoms with E-state index in [0.717, 1.165) is 0 Å². The fourth-order valence-corrected chi connectivity index (χ4v) is 1.36. The third-order valence-corrected chi connectivity index (χ3v) is 2.46. The molecule has 0 aromatic heterocycles. The minimum atomic E-state index is -0.536. The van der Waals surface area contributed by atoms with Crippen LogP contribution < -0.4 is 0 Å². The van der Waals surface area contributed by atoms with E-state index in [1.165, 1.54) is 6.08 Å². The van der Waals surface area contributed by atoms with Gasteiger partial charge in [-0.05, 0) is 20.8 Å². The largest absolute Gasteiger partial charge is 0.457 e. The minimum absolute atomic E-state index is 0.0694. The Bertz CT molecular complexity index is 335. The molecule has 16 heavy (non-hydrogen) atoms. The molecule has 1 aliphatic rings. The number of rotatable bonds is 1. The Labute approximate surface area is 95.6 Å². The topological polar surface area (TPSA) is 52.6 Å². The molecule has 1 heterocycles. The predicted octanol–water partition coefficient (Wildman–Crippen LogP) is 2.04. The van der Waals surface area contributed by atoms with Crippen LogP contribution in [0.25, 0.3) is 0 Å². The molecular weight excluding hydrogens is 208 g/mol. The van der Waals surface area contributed by atoms with E-state index in [9.17, 15) is 9.59 Å². The van der Waals surface area contributed by atoms with Crippen molar-refractivity contribution in [2.24, 2.45) is 11.8 Å². The summed E-state index contributed by atoms with van der Waals surface area (Å²) in [5.74, 6) is -0.640. The molecule has 0 bridgehead atoms. The van der Waals surface area contributed by atoms with Crippen molar-refractivity contribution in [1.29, 1.82) is 0 Å². The van der Waals surface area contributed by atoms with E-state index in [4.69, 9.17) is 9.47 Å². The lowest BCUT2D eigenvalue weighted by molar-refractivity contribution is -0.148. The SMILES string of the molecule is CC1C(=O)O/C(=C/C(=O)OC(C)(C)C)C1C. The Morgan fingerprint density at radius 1 is 1.31 bits per heavy atom. The van der Waals surface area contributed by atoms with E-state index in [1.807, 2.05) is 6.92 Å². The first-order valence-corrected chi connectivity index (χ1v) is 5.37. The standard InChI is InChI=1S/C12H18O4/c1-7-8(2)11(14)15-9(7)6-10(13)16-12(3,4)5/h6-8H,1-5H3/b9-6+. The Morgan fingerprint density at radius 2 is 1.88 bits per heavy atom. The summed E-state index contributed by atoms with van der Waals surface area (Å²) in [5.41, 5.74) is -0.536. The van der Waals surface area contributed by atoms with Gasteiger partial charge in [0.2, 0.25) is 0 Å². The molecule has 1 fully saturated rings. The minimum Gasteiger partial charge on any atom is -0.457 e. The summed E-state index contributed by atoms with van der Waals surface area (Å²) < 4.78 is 10.1. The van der Waals surface area contributed by atoms with Crippen molar-refractivity contribution in [3.05, 3.63) is 11.8 Å². The molecule has 1 saturated heterocycles. The molecule has 4 heteroatoms. The summed E-state index contributed by atoms with van der Waals surface area (Å²) in [4.78, 5) is 22.7. The number of carbonyl (C=O) groups is 2. The zero-order valence-corrected chi connectivity index (χ0v) is 10.4. The van der Waals surface area contributed by atoms with Crippen LogP contribution >= 0.6 is 0 Å². The third kappa shape index (κ3) is 3.08. The second-order valence-corrected chi connectivity index (χ2v) is 5.08. The smallest absolute Gasteiger partial charge is 0.334 e. The van der Waals surface area contributed by atoms with Crippen molar-refractivity contribution in [1.82, 2.24) is 0 Å². The van der Waals surface area contributed by atoms with Crippen molar-refractivity contribution >= 4 is 11.9 Å². The van der Waals surface area contributed by atoms with E-state index >= 15 is 0 Å². The average molecular weight is 226 g/mol. The zero-order valence-electron chi connectivity index (χ0n) is 10.4. The number of hydrogen-bond acceptors (Lipinski definition) is 4. The van der Waals surface area contributed by atoms with Crippen LogP contribution in [0, 0.1) is 11.8 Å². The first kappa shape index (κ1) is 12.7. The molecule has 0 amide bonds. The van der Waals surface area contributed by atoms with Crippen molar-refractivity contribution < 1.29 is 19.1 Å². The van der Waals surface area contributed by atoms with Gasteiger partial charge in [0.25, 0.3) is 0 Å².